The molecule has 1 aromatic heterocycles. The first kappa shape index (κ1) is 15.7. The Balaban J connectivity index is 2.10. The summed E-state index contributed by atoms with van der Waals surface area (Å²) in [6.07, 6.45) is 0.839. The number of aromatic nitrogens is 1. The Morgan fingerprint density at radius 2 is 1.91 bits per heavy atom. The monoisotopic (exact) mass is 304 g/mol. The number of rotatable bonds is 7. The van der Waals surface area contributed by atoms with Crippen LogP contribution in [0, 0.1) is 15.9 Å². The van der Waals surface area contributed by atoms with Gasteiger partial charge in [-0.1, -0.05) is 19.1 Å². The molecule has 0 fully saturated rings. The second kappa shape index (κ2) is 7.35. The third-order valence-corrected chi connectivity index (χ3v) is 3.00. The molecule has 0 radical (unpaired) electrons. The molecule has 0 saturated carbocycles. The smallest absolute Gasteiger partial charge is 0.311 e. The van der Waals surface area contributed by atoms with E-state index < -0.39 is 4.92 Å². The second-order valence-corrected chi connectivity index (χ2v) is 4.73. The van der Waals surface area contributed by atoms with Gasteiger partial charge in [0.1, 0.15) is 11.6 Å². The van der Waals surface area contributed by atoms with Crippen molar-refractivity contribution in [2.75, 3.05) is 17.2 Å². The lowest BCUT2D eigenvalue weighted by atomic mass is 10.2. The van der Waals surface area contributed by atoms with Crippen LogP contribution >= 0.6 is 0 Å². The van der Waals surface area contributed by atoms with Crippen molar-refractivity contribution in [1.82, 2.24) is 4.98 Å². The highest BCUT2D eigenvalue weighted by Gasteiger charge is 2.15. The van der Waals surface area contributed by atoms with Crippen LogP contribution in [0.25, 0.3) is 0 Å². The van der Waals surface area contributed by atoms with Gasteiger partial charge in [0, 0.05) is 19.2 Å². The van der Waals surface area contributed by atoms with E-state index in [2.05, 4.69) is 15.6 Å². The fourth-order valence-corrected chi connectivity index (χ4v) is 1.87. The van der Waals surface area contributed by atoms with Gasteiger partial charge in [0.25, 0.3) is 0 Å². The second-order valence-electron chi connectivity index (χ2n) is 4.73. The SMILES string of the molecule is CCCNc1nc(NCc2ccc(F)cc2)ccc1[N+](=O)[O-]. The third kappa shape index (κ3) is 4.15. The van der Waals surface area contributed by atoms with E-state index in [1.807, 2.05) is 6.92 Å². The van der Waals surface area contributed by atoms with Gasteiger partial charge in [-0.15, -0.1) is 0 Å². The molecule has 2 rings (SSSR count). The van der Waals surface area contributed by atoms with E-state index in [-0.39, 0.29) is 17.3 Å². The zero-order valence-electron chi connectivity index (χ0n) is 12.2. The molecule has 0 bridgehead atoms. The molecule has 1 aromatic carbocycles. The molecule has 2 aromatic rings. The van der Waals surface area contributed by atoms with Crippen LogP contribution in [0.3, 0.4) is 0 Å². The molecule has 6 nitrogen and oxygen atoms in total. The van der Waals surface area contributed by atoms with E-state index in [0.29, 0.717) is 18.9 Å². The Labute approximate surface area is 127 Å². The number of halogens is 1. The van der Waals surface area contributed by atoms with Crippen molar-refractivity contribution >= 4 is 17.3 Å². The molecule has 0 spiro atoms. The zero-order valence-corrected chi connectivity index (χ0v) is 12.2. The summed E-state index contributed by atoms with van der Waals surface area (Å²) in [5, 5.41) is 17.0. The lowest BCUT2D eigenvalue weighted by molar-refractivity contribution is -0.384. The van der Waals surface area contributed by atoms with Crippen LogP contribution in [-0.2, 0) is 6.54 Å². The fraction of sp³-hybridized carbons (Fsp3) is 0.267. The summed E-state index contributed by atoms with van der Waals surface area (Å²) in [7, 11) is 0. The number of nitrogens with zero attached hydrogens (tertiary/aromatic N) is 2. The standard InChI is InChI=1S/C15H17FN4O2/c1-2-9-17-15-13(20(21)22)7-8-14(19-15)18-10-11-3-5-12(16)6-4-11/h3-8H,2,9-10H2,1H3,(H2,17,18,19). The molecule has 0 saturated heterocycles. The van der Waals surface area contributed by atoms with Gasteiger partial charge in [-0.05, 0) is 30.2 Å². The molecule has 22 heavy (non-hydrogen) atoms. The predicted molar refractivity (Wildman–Crippen MR) is 83.4 cm³/mol. The zero-order chi connectivity index (χ0) is 15.9. The number of nitro groups is 1. The summed E-state index contributed by atoms with van der Waals surface area (Å²) >= 11 is 0. The topological polar surface area (TPSA) is 80.1 Å². The maximum absolute atomic E-state index is 12.8. The third-order valence-electron chi connectivity index (χ3n) is 3.00. The Kier molecular flexibility index (Phi) is 5.24. The molecule has 0 aliphatic heterocycles. The van der Waals surface area contributed by atoms with Gasteiger partial charge in [-0.3, -0.25) is 10.1 Å². The van der Waals surface area contributed by atoms with Gasteiger partial charge in [-0.25, -0.2) is 9.37 Å². The van der Waals surface area contributed by atoms with Crippen molar-refractivity contribution in [3.63, 3.8) is 0 Å². The van der Waals surface area contributed by atoms with E-state index in [0.717, 1.165) is 12.0 Å². The molecule has 0 amide bonds. The van der Waals surface area contributed by atoms with Crippen molar-refractivity contribution in [3.8, 4) is 0 Å². The Morgan fingerprint density at radius 3 is 2.55 bits per heavy atom. The average molecular weight is 304 g/mol. The van der Waals surface area contributed by atoms with E-state index in [4.69, 9.17) is 0 Å². The number of anilines is 2. The first-order chi connectivity index (χ1) is 10.6. The Morgan fingerprint density at radius 1 is 1.18 bits per heavy atom. The number of hydrogen-bond acceptors (Lipinski definition) is 5. The molecule has 2 N–H and O–H groups in total. The Hall–Kier alpha value is -2.70. The van der Waals surface area contributed by atoms with E-state index in [1.165, 1.54) is 18.2 Å². The highest BCUT2D eigenvalue weighted by Crippen LogP contribution is 2.24. The molecule has 0 aliphatic rings. The number of hydrogen-bond donors (Lipinski definition) is 2. The molecule has 0 unspecified atom stereocenters. The Bertz CT molecular complexity index is 646. The van der Waals surface area contributed by atoms with Gasteiger partial charge in [0.05, 0.1) is 4.92 Å². The molecule has 0 aliphatic carbocycles. The summed E-state index contributed by atoms with van der Waals surface area (Å²) < 4.78 is 12.8. The van der Waals surface area contributed by atoms with Crippen LogP contribution in [-0.4, -0.2) is 16.5 Å². The van der Waals surface area contributed by atoms with Crippen LogP contribution in [0.2, 0.25) is 0 Å². The first-order valence-corrected chi connectivity index (χ1v) is 6.97. The molecule has 7 heteroatoms. The lowest BCUT2D eigenvalue weighted by Crippen LogP contribution is -2.08. The van der Waals surface area contributed by atoms with Crippen molar-refractivity contribution in [1.29, 1.82) is 0 Å². The molecule has 1 heterocycles. The number of benzene rings is 1. The summed E-state index contributed by atoms with van der Waals surface area (Å²) in [5.41, 5.74) is 0.838. The molecule has 0 atom stereocenters. The van der Waals surface area contributed by atoms with Crippen LogP contribution < -0.4 is 10.6 Å². The maximum Gasteiger partial charge on any atom is 0.311 e. The number of pyridine rings is 1. The normalized spacial score (nSPS) is 10.3. The van der Waals surface area contributed by atoms with Crippen LogP contribution in [0.4, 0.5) is 21.7 Å². The van der Waals surface area contributed by atoms with Gasteiger partial charge in [0.2, 0.25) is 5.82 Å². The lowest BCUT2D eigenvalue weighted by Gasteiger charge is -2.09. The van der Waals surface area contributed by atoms with E-state index >= 15 is 0 Å². The highest BCUT2D eigenvalue weighted by atomic mass is 19.1. The quantitative estimate of drug-likeness (QED) is 0.604. The van der Waals surface area contributed by atoms with Crippen molar-refractivity contribution in [3.05, 3.63) is 57.9 Å². The van der Waals surface area contributed by atoms with Gasteiger partial charge in [0.15, 0.2) is 0 Å². The van der Waals surface area contributed by atoms with Gasteiger partial charge < -0.3 is 10.6 Å². The summed E-state index contributed by atoms with van der Waals surface area (Å²) in [4.78, 5) is 14.7. The van der Waals surface area contributed by atoms with Crippen LogP contribution in [0.1, 0.15) is 18.9 Å². The fourth-order valence-electron chi connectivity index (χ4n) is 1.87. The van der Waals surface area contributed by atoms with Crippen LogP contribution in [0.5, 0.6) is 0 Å². The van der Waals surface area contributed by atoms with Crippen molar-refractivity contribution in [2.24, 2.45) is 0 Å². The predicted octanol–water partition coefficient (Wildman–Crippen LogP) is 3.56. The summed E-state index contributed by atoms with van der Waals surface area (Å²) in [6, 6.07) is 9.08. The summed E-state index contributed by atoms with van der Waals surface area (Å²) in [6.45, 7) is 3.03. The molecular formula is C15H17FN4O2. The van der Waals surface area contributed by atoms with E-state index in [9.17, 15) is 14.5 Å². The van der Waals surface area contributed by atoms with Crippen molar-refractivity contribution in [2.45, 2.75) is 19.9 Å². The number of nitrogens with one attached hydrogen (secondary N) is 2. The maximum atomic E-state index is 12.8. The minimum atomic E-state index is -0.464. The van der Waals surface area contributed by atoms with Gasteiger partial charge in [-0.2, -0.15) is 0 Å². The summed E-state index contributed by atoms with van der Waals surface area (Å²) in [5.74, 6) is 0.479. The largest absolute Gasteiger partial charge is 0.366 e. The average Bonchev–Trinajstić information content (AvgIpc) is 2.52. The van der Waals surface area contributed by atoms with Gasteiger partial charge >= 0.3 is 5.69 Å². The highest BCUT2D eigenvalue weighted by molar-refractivity contribution is 5.60. The van der Waals surface area contributed by atoms with Crippen LogP contribution in [0.15, 0.2) is 36.4 Å². The minimum absolute atomic E-state index is 0.0548. The molecular weight excluding hydrogens is 287 g/mol. The molecule has 116 valence electrons. The van der Waals surface area contributed by atoms with E-state index in [1.54, 1.807) is 18.2 Å². The minimum Gasteiger partial charge on any atom is -0.366 e. The van der Waals surface area contributed by atoms with Crippen molar-refractivity contribution < 1.29 is 9.31 Å². The first-order valence-electron chi connectivity index (χ1n) is 6.97.